The monoisotopic (exact) mass is 437 g/mol. The number of hydrogen-bond acceptors (Lipinski definition) is 5. The summed E-state index contributed by atoms with van der Waals surface area (Å²) in [6.07, 6.45) is 4.15. The van der Waals surface area contributed by atoms with Crippen molar-refractivity contribution in [3.05, 3.63) is 59.9 Å². The molecule has 2 fully saturated rings. The van der Waals surface area contributed by atoms with Gasteiger partial charge in [0.2, 0.25) is 15.9 Å². The molecule has 1 aromatic heterocycles. The fraction of sp³-hybridized carbons (Fsp3) is 0.400. The first kappa shape index (κ1) is 20.8. The molecule has 0 saturated carbocycles. The van der Waals surface area contributed by atoms with Gasteiger partial charge in [0.05, 0.1) is 12.2 Å². The zero-order valence-corrected chi connectivity index (χ0v) is 16.9. The number of rotatable bonds is 6. The van der Waals surface area contributed by atoms with Crippen LogP contribution in [-0.4, -0.2) is 48.9 Å². The number of carbonyl (C=O) groups is 1. The Hall–Kier alpha value is -2.43. The molecule has 0 aliphatic carbocycles. The summed E-state index contributed by atoms with van der Waals surface area (Å²) in [6.45, 7) is 0.944. The van der Waals surface area contributed by atoms with Crippen LogP contribution in [0.4, 0.5) is 8.78 Å². The van der Waals surface area contributed by atoms with Crippen molar-refractivity contribution in [3.8, 4) is 0 Å². The van der Waals surface area contributed by atoms with Crippen LogP contribution in [0.3, 0.4) is 0 Å². The number of nitrogens with one attached hydrogen (secondary N) is 1. The van der Waals surface area contributed by atoms with Crippen molar-refractivity contribution in [1.29, 1.82) is 0 Å². The lowest BCUT2D eigenvalue weighted by molar-refractivity contribution is -0.122. The first-order chi connectivity index (χ1) is 14.3. The van der Waals surface area contributed by atoms with E-state index in [0.717, 1.165) is 22.0 Å². The minimum absolute atomic E-state index is 0.0187. The van der Waals surface area contributed by atoms with Gasteiger partial charge in [0.1, 0.15) is 16.5 Å². The van der Waals surface area contributed by atoms with Gasteiger partial charge < -0.3 is 10.1 Å². The van der Waals surface area contributed by atoms with Gasteiger partial charge in [0, 0.05) is 44.5 Å². The summed E-state index contributed by atoms with van der Waals surface area (Å²) in [4.78, 5) is 15.6. The lowest BCUT2D eigenvalue weighted by Gasteiger charge is -2.46. The predicted octanol–water partition coefficient (Wildman–Crippen LogP) is 1.85. The van der Waals surface area contributed by atoms with Gasteiger partial charge in [-0.3, -0.25) is 9.78 Å². The van der Waals surface area contributed by atoms with E-state index < -0.39 is 32.2 Å². The van der Waals surface area contributed by atoms with E-state index in [4.69, 9.17) is 4.74 Å². The van der Waals surface area contributed by atoms with Gasteiger partial charge in [-0.05, 0) is 42.2 Å². The third-order valence-electron chi connectivity index (χ3n) is 5.44. The van der Waals surface area contributed by atoms with Crippen molar-refractivity contribution in [1.82, 2.24) is 14.6 Å². The number of carbonyl (C=O) groups excluding carboxylic acids is 1. The second-order valence-electron chi connectivity index (χ2n) is 7.75. The Labute approximate surface area is 173 Å². The number of pyridine rings is 1. The van der Waals surface area contributed by atoms with Gasteiger partial charge in [-0.15, -0.1) is 0 Å². The number of nitrogens with zero attached hydrogens (tertiary/aromatic N) is 2. The van der Waals surface area contributed by atoms with Crippen molar-refractivity contribution in [2.45, 2.75) is 29.9 Å². The van der Waals surface area contributed by atoms with Crippen LogP contribution in [-0.2, 0) is 26.1 Å². The summed E-state index contributed by atoms with van der Waals surface area (Å²) >= 11 is 0. The molecule has 2 aliphatic heterocycles. The molecule has 1 N–H and O–H groups in total. The number of aromatic nitrogens is 1. The molecule has 7 nitrogen and oxygen atoms in total. The molecule has 1 amide bonds. The number of halogens is 2. The molecule has 2 aliphatic rings. The predicted molar refractivity (Wildman–Crippen MR) is 103 cm³/mol. The van der Waals surface area contributed by atoms with E-state index in [1.165, 1.54) is 0 Å². The third kappa shape index (κ3) is 4.21. The Balaban J connectivity index is 1.29. The van der Waals surface area contributed by atoms with Crippen molar-refractivity contribution >= 4 is 15.9 Å². The zero-order valence-electron chi connectivity index (χ0n) is 16.1. The van der Waals surface area contributed by atoms with Crippen molar-refractivity contribution in [3.63, 3.8) is 0 Å². The minimum atomic E-state index is -4.07. The van der Waals surface area contributed by atoms with Crippen LogP contribution in [0.25, 0.3) is 0 Å². The van der Waals surface area contributed by atoms with Crippen molar-refractivity contribution in [2.24, 2.45) is 5.92 Å². The maximum atomic E-state index is 13.9. The molecule has 10 heteroatoms. The Morgan fingerprint density at radius 1 is 1.23 bits per heavy atom. The molecule has 1 atom stereocenters. The molecule has 2 saturated heterocycles. The maximum Gasteiger partial charge on any atom is 0.246 e. The topological polar surface area (TPSA) is 88.6 Å². The molecule has 1 aromatic carbocycles. The largest absolute Gasteiger partial charge is 0.372 e. The average molecular weight is 437 g/mol. The molecule has 1 spiro atoms. The van der Waals surface area contributed by atoms with E-state index >= 15 is 0 Å². The summed E-state index contributed by atoms with van der Waals surface area (Å²) in [5.41, 5.74) is 0.296. The lowest BCUT2D eigenvalue weighted by atomic mass is 9.87. The second-order valence-corrected chi connectivity index (χ2v) is 9.65. The maximum absolute atomic E-state index is 13.9. The van der Waals surface area contributed by atoms with Gasteiger partial charge in [0.15, 0.2) is 0 Å². The Morgan fingerprint density at radius 3 is 2.67 bits per heavy atom. The third-order valence-corrected chi connectivity index (χ3v) is 7.26. The Kier molecular flexibility index (Phi) is 5.56. The number of amides is 1. The molecule has 4 rings (SSSR count). The highest BCUT2D eigenvalue weighted by Crippen LogP contribution is 2.41. The zero-order chi connectivity index (χ0) is 21.4. The summed E-state index contributed by atoms with van der Waals surface area (Å²) in [5, 5.41) is 2.85. The number of ether oxygens (including phenoxy) is 1. The summed E-state index contributed by atoms with van der Waals surface area (Å²) in [6, 6.07) is 6.03. The van der Waals surface area contributed by atoms with Gasteiger partial charge in [-0.25, -0.2) is 17.2 Å². The average Bonchev–Trinajstić information content (AvgIpc) is 3.10. The highest BCUT2D eigenvalue weighted by atomic mass is 32.2. The first-order valence-electron chi connectivity index (χ1n) is 9.52. The highest BCUT2D eigenvalue weighted by molar-refractivity contribution is 7.89. The van der Waals surface area contributed by atoms with E-state index in [0.29, 0.717) is 25.6 Å². The fourth-order valence-corrected chi connectivity index (χ4v) is 5.55. The van der Waals surface area contributed by atoms with Gasteiger partial charge in [0.25, 0.3) is 0 Å². The summed E-state index contributed by atoms with van der Waals surface area (Å²) in [7, 11) is -4.07. The van der Waals surface area contributed by atoms with Gasteiger partial charge in [-0.2, -0.15) is 4.31 Å². The Morgan fingerprint density at radius 2 is 1.97 bits per heavy atom. The minimum Gasteiger partial charge on any atom is -0.372 e. The molecule has 0 bridgehead atoms. The summed E-state index contributed by atoms with van der Waals surface area (Å²) in [5.74, 6) is -2.08. The first-order valence-corrected chi connectivity index (χ1v) is 11.0. The van der Waals surface area contributed by atoms with Crippen LogP contribution in [0.15, 0.2) is 47.6 Å². The van der Waals surface area contributed by atoms with Crippen molar-refractivity contribution in [2.75, 3.05) is 19.7 Å². The molecule has 3 heterocycles. The van der Waals surface area contributed by atoms with Gasteiger partial charge in [-0.1, -0.05) is 0 Å². The highest BCUT2D eigenvalue weighted by Gasteiger charge is 2.54. The lowest BCUT2D eigenvalue weighted by Crippen LogP contribution is -2.63. The molecule has 160 valence electrons. The van der Waals surface area contributed by atoms with Crippen LogP contribution in [0, 0.1) is 17.6 Å². The van der Waals surface area contributed by atoms with Crippen molar-refractivity contribution < 1.29 is 26.7 Å². The molecule has 30 heavy (non-hydrogen) atoms. The second kappa shape index (κ2) is 8.01. The Bertz CT molecular complexity index is 1040. The molecule has 2 aromatic rings. The van der Waals surface area contributed by atoms with Crippen LogP contribution in [0.1, 0.15) is 18.4 Å². The fourth-order valence-electron chi connectivity index (χ4n) is 3.92. The standard InChI is InChI=1S/C20H21F2N3O4S/c21-16-1-2-18(17(22)8-16)30(27,28)25-12-20(13-25)9-15(11-29-20)7-19(26)24-10-14-3-5-23-6-4-14/h1-6,8,15H,7,9-13H2,(H,24,26). The van der Waals surface area contributed by atoms with Crippen LogP contribution in [0.5, 0.6) is 0 Å². The van der Waals surface area contributed by atoms with Crippen LogP contribution < -0.4 is 5.32 Å². The smallest absolute Gasteiger partial charge is 0.246 e. The molecule has 0 radical (unpaired) electrons. The number of sulfonamides is 1. The van der Waals surface area contributed by atoms with E-state index in [9.17, 15) is 22.0 Å². The van der Waals surface area contributed by atoms with E-state index in [2.05, 4.69) is 10.3 Å². The molecular formula is C20H21F2N3O4S. The number of hydrogen-bond donors (Lipinski definition) is 1. The van der Waals surface area contributed by atoms with Crippen LogP contribution >= 0.6 is 0 Å². The molecular weight excluding hydrogens is 416 g/mol. The van der Waals surface area contributed by atoms with E-state index in [1.54, 1.807) is 12.4 Å². The van der Waals surface area contributed by atoms with Gasteiger partial charge >= 0.3 is 0 Å². The van der Waals surface area contributed by atoms with E-state index in [-0.39, 0.29) is 31.3 Å². The quantitative estimate of drug-likeness (QED) is 0.745. The van der Waals surface area contributed by atoms with E-state index in [1.807, 2.05) is 12.1 Å². The van der Waals surface area contributed by atoms with Crippen LogP contribution in [0.2, 0.25) is 0 Å². The SMILES string of the molecule is O=C(CC1COC2(C1)CN(S(=O)(=O)c1ccc(F)cc1F)C2)NCc1ccncc1. The number of benzene rings is 1. The normalized spacial score (nSPS) is 20.8. The summed E-state index contributed by atoms with van der Waals surface area (Å²) < 4.78 is 59.1. The molecule has 1 unspecified atom stereocenters.